The van der Waals surface area contributed by atoms with E-state index >= 15 is 0 Å². The van der Waals surface area contributed by atoms with Crippen molar-refractivity contribution < 1.29 is 9.84 Å². The van der Waals surface area contributed by atoms with Gasteiger partial charge in [-0.15, -0.1) is 0 Å². The summed E-state index contributed by atoms with van der Waals surface area (Å²) in [5, 5.41) is 8.26. The van der Waals surface area contributed by atoms with E-state index in [4.69, 9.17) is 16.3 Å². The fraction of sp³-hybridized carbons (Fsp3) is 0.333. The fourth-order valence-corrected chi connectivity index (χ4v) is 1.12. The first-order chi connectivity index (χ1) is 4.16. The molecule has 0 aromatic heterocycles. The van der Waals surface area contributed by atoms with Gasteiger partial charge in [0.15, 0.2) is 0 Å². The SMILES string of the molecule is OC12C=CC=CC1(Cl)O2. The molecule has 1 aliphatic carbocycles. The van der Waals surface area contributed by atoms with Crippen LogP contribution < -0.4 is 0 Å². The molecule has 0 spiro atoms. The predicted octanol–water partition coefficient (Wildman–Crippen LogP) is 0.766. The molecule has 2 rings (SSSR count). The summed E-state index contributed by atoms with van der Waals surface area (Å²) >= 11 is 5.68. The Labute approximate surface area is 57.4 Å². The lowest BCUT2D eigenvalue weighted by Crippen LogP contribution is -2.17. The normalized spacial score (nSPS) is 53.1. The molecule has 1 saturated heterocycles. The van der Waals surface area contributed by atoms with Crippen molar-refractivity contribution in [2.24, 2.45) is 0 Å². The Bertz CT molecular complexity index is 189. The lowest BCUT2D eigenvalue weighted by atomic mass is 10.1. The Hall–Kier alpha value is -0.310. The van der Waals surface area contributed by atoms with Gasteiger partial charge in [-0.05, 0) is 12.2 Å². The van der Waals surface area contributed by atoms with Crippen molar-refractivity contribution in [3.8, 4) is 0 Å². The third-order valence-corrected chi connectivity index (χ3v) is 1.97. The third kappa shape index (κ3) is 0.529. The van der Waals surface area contributed by atoms with E-state index in [9.17, 15) is 5.11 Å². The van der Waals surface area contributed by atoms with Crippen LogP contribution in [0.3, 0.4) is 0 Å². The van der Waals surface area contributed by atoms with Crippen LogP contribution >= 0.6 is 11.6 Å². The van der Waals surface area contributed by atoms with Crippen LogP contribution in [0.1, 0.15) is 0 Å². The van der Waals surface area contributed by atoms with Crippen molar-refractivity contribution in [1.82, 2.24) is 0 Å². The summed E-state index contributed by atoms with van der Waals surface area (Å²) in [6.45, 7) is 0. The Morgan fingerprint density at radius 3 is 2.44 bits per heavy atom. The van der Waals surface area contributed by atoms with Gasteiger partial charge in [0, 0.05) is 0 Å². The minimum Gasteiger partial charge on any atom is -0.359 e. The minimum atomic E-state index is -1.22. The molecule has 2 atom stereocenters. The third-order valence-electron chi connectivity index (χ3n) is 1.49. The highest BCUT2D eigenvalue weighted by molar-refractivity contribution is 6.27. The Balaban J connectivity index is 2.40. The van der Waals surface area contributed by atoms with Crippen LogP contribution in [0.5, 0.6) is 0 Å². The van der Waals surface area contributed by atoms with Gasteiger partial charge in [-0.1, -0.05) is 23.8 Å². The van der Waals surface area contributed by atoms with Gasteiger partial charge in [0.1, 0.15) is 0 Å². The first-order valence-corrected chi connectivity index (χ1v) is 3.03. The number of fused-ring (bicyclic) bond motifs is 1. The minimum absolute atomic E-state index is 0.957. The van der Waals surface area contributed by atoms with Crippen LogP contribution in [0.25, 0.3) is 0 Å². The van der Waals surface area contributed by atoms with E-state index < -0.39 is 10.8 Å². The highest BCUT2D eigenvalue weighted by atomic mass is 35.5. The van der Waals surface area contributed by atoms with E-state index in [-0.39, 0.29) is 0 Å². The Kier molecular flexibility index (Phi) is 0.751. The maximum atomic E-state index is 9.22. The predicted molar refractivity (Wildman–Crippen MR) is 32.9 cm³/mol. The molecule has 0 radical (unpaired) electrons. The van der Waals surface area contributed by atoms with Crippen molar-refractivity contribution in [3.05, 3.63) is 24.3 Å². The molecule has 48 valence electrons. The van der Waals surface area contributed by atoms with Gasteiger partial charge in [-0.3, -0.25) is 0 Å². The second-order valence-electron chi connectivity index (χ2n) is 2.16. The molecule has 0 amide bonds. The van der Waals surface area contributed by atoms with Crippen molar-refractivity contribution in [2.45, 2.75) is 10.8 Å². The number of rotatable bonds is 0. The van der Waals surface area contributed by atoms with E-state index in [0.717, 1.165) is 0 Å². The van der Waals surface area contributed by atoms with Crippen molar-refractivity contribution in [1.29, 1.82) is 0 Å². The number of alkyl halides is 1. The maximum Gasteiger partial charge on any atom is 0.236 e. The number of epoxide rings is 1. The van der Waals surface area contributed by atoms with E-state index in [2.05, 4.69) is 0 Å². The molecule has 1 N–H and O–H groups in total. The van der Waals surface area contributed by atoms with E-state index in [1.807, 2.05) is 0 Å². The summed E-state index contributed by atoms with van der Waals surface area (Å²) < 4.78 is 4.80. The molecule has 0 saturated carbocycles. The molecular formula is C6H5ClO2. The quantitative estimate of drug-likeness (QED) is 0.402. The summed E-state index contributed by atoms with van der Waals surface area (Å²) in [6.07, 6.45) is 6.59. The van der Waals surface area contributed by atoms with Gasteiger partial charge in [-0.2, -0.15) is 0 Å². The van der Waals surface area contributed by atoms with Crippen molar-refractivity contribution in [2.75, 3.05) is 0 Å². The summed E-state index contributed by atoms with van der Waals surface area (Å²) in [7, 11) is 0. The van der Waals surface area contributed by atoms with Crippen LogP contribution in [0.4, 0.5) is 0 Å². The molecule has 0 aromatic carbocycles. The van der Waals surface area contributed by atoms with Gasteiger partial charge >= 0.3 is 0 Å². The maximum absolute atomic E-state index is 9.22. The Morgan fingerprint density at radius 2 is 2.00 bits per heavy atom. The highest BCUT2D eigenvalue weighted by Crippen LogP contribution is 2.53. The largest absolute Gasteiger partial charge is 0.359 e. The molecule has 2 unspecified atom stereocenters. The highest BCUT2D eigenvalue weighted by Gasteiger charge is 2.67. The van der Waals surface area contributed by atoms with Crippen LogP contribution in [-0.4, -0.2) is 16.0 Å². The molecule has 1 aliphatic heterocycles. The second-order valence-corrected chi connectivity index (χ2v) is 2.72. The van der Waals surface area contributed by atoms with E-state index in [1.165, 1.54) is 6.08 Å². The van der Waals surface area contributed by atoms with Crippen LogP contribution in [0.15, 0.2) is 24.3 Å². The number of hydrogen-bond acceptors (Lipinski definition) is 2. The zero-order valence-electron chi connectivity index (χ0n) is 4.54. The van der Waals surface area contributed by atoms with Gasteiger partial charge in [-0.25, -0.2) is 0 Å². The first kappa shape index (κ1) is 5.47. The average Bonchev–Trinajstić information content (AvgIpc) is 2.33. The average molecular weight is 145 g/mol. The molecule has 1 heterocycles. The lowest BCUT2D eigenvalue weighted by molar-refractivity contribution is 0.0825. The second kappa shape index (κ2) is 1.24. The smallest absolute Gasteiger partial charge is 0.236 e. The number of ether oxygens (including phenoxy) is 1. The van der Waals surface area contributed by atoms with Crippen LogP contribution in [-0.2, 0) is 4.74 Å². The number of halogens is 1. The number of hydrogen-bond donors (Lipinski definition) is 1. The van der Waals surface area contributed by atoms with Gasteiger partial charge < -0.3 is 9.84 Å². The van der Waals surface area contributed by atoms with Gasteiger partial charge in [0.25, 0.3) is 0 Å². The van der Waals surface area contributed by atoms with Gasteiger partial charge in [0.05, 0.1) is 0 Å². The topological polar surface area (TPSA) is 32.8 Å². The van der Waals surface area contributed by atoms with Crippen LogP contribution in [0.2, 0.25) is 0 Å². The van der Waals surface area contributed by atoms with Crippen LogP contribution in [0, 0.1) is 0 Å². The van der Waals surface area contributed by atoms with Gasteiger partial charge in [0.2, 0.25) is 10.8 Å². The fourth-order valence-electron chi connectivity index (χ4n) is 0.867. The molecule has 2 nitrogen and oxygen atoms in total. The summed E-state index contributed by atoms with van der Waals surface area (Å²) in [5.41, 5.74) is 0. The molecular weight excluding hydrogens is 140 g/mol. The summed E-state index contributed by atoms with van der Waals surface area (Å²) in [6, 6.07) is 0. The molecule has 0 aromatic rings. The first-order valence-electron chi connectivity index (χ1n) is 2.65. The summed E-state index contributed by atoms with van der Waals surface area (Å²) in [4.78, 5) is 0. The zero-order valence-corrected chi connectivity index (χ0v) is 5.30. The van der Waals surface area contributed by atoms with E-state index in [1.54, 1.807) is 18.2 Å². The van der Waals surface area contributed by atoms with Crippen molar-refractivity contribution >= 4 is 11.6 Å². The lowest BCUT2D eigenvalue weighted by Gasteiger charge is -2.01. The number of allylic oxidation sites excluding steroid dienone is 2. The molecule has 0 bridgehead atoms. The molecule has 1 fully saturated rings. The Morgan fingerprint density at radius 1 is 1.33 bits per heavy atom. The number of aliphatic hydroxyl groups is 1. The van der Waals surface area contributed by atoms with Crippen molar-refractivity contribution in [3.63, 3.8) is 0 Å². The molecule has 9 heavy (non-hydrogen) atoms. The van der Waals surface area contributed by atoms with E-state index in [0.29, 0.717) is 0 Å². The molecule has 2 aliphatic rings. The zero-order chi connectivity index (χ0) is 6.54. The monoisotopic (exact) mass is 144 g/mol. The molecule has 3 heteroatoms. The standard InChI is InChI=1S/C6H5ClO2/c7-5-3-1-2-4-6(5,8)9-5/h1-4,8H. The summed E-state index contributed by atoms with van der Waals surface area (Å²) in [5.74, 6) is -1.22.